The van der Waals surface area contributed by atoms with E-state index in [1.54, 1.807) is 0 Å². The van der Waals surface area contributed by atoms with Gasteiger partial charge in [-0.25, -0.2) is 0 Å². The Balaban J connectivity index is 1.83. The van der Waals surface area contributed by atoms with E-state index in [1.807, 2.05) is 0 Å². The summed E-state index contributed by atoms with van der Waals surface area (Å²) in [4.78, 5) is 0. The molecule has 1 heteroatoms. The minimum absolute atomic E-state index is 0.0717. The molecule has 0 aromatic rings. The van der Waals surface area contributed by atoms with Crippen LogP contribution in [0.15, 0.2) is 35.5 Å². The molecule has 0 aromatic heterocycles. The highest BCUT2D eigenvalue weighted by Crippen LogP contribution is 2.66. The molecule has 0 heterocycles. The maximum atomic E-state index is 10.1. The highest BCUT2D eigenvalue weighted by atomic mass is 16.3. The van der Waals surface area contributed by atoms with Crippen molar-refractivity contribution in [2.75, 3.05) is 0 Å². The van der Waals surface area contributed by atoms with Gasteiger partial charge in [0.15, 0.2) is 0 Å². The fourth-order valence-corrected chi connectivity index (χ4v) is 5.94. The van der Waals surface area contributed by atoms with Gasteiger partial charge in [-0.3, -0.25) is 0 Å². The van der Waals surface area contributed by atoms with Crippen molar-refractivity contribution >= 4 is 0 Å². The molecule has 0 amide bonds. The monoisotopic (exact) mass is 308 g/mol. The van der Waals surface area contributed by atoms with E-state index in [0.717, 1.165) is 25.7 Å². The molecule has 0 saturated heterocycles. The van der Waals surface area contributed by atoms with Crippen LogP contribution in [0.4, 0.5) is 0 Å². The van der Waals surface area contributed by atoms with Crippen LogP contribution >= 0.6 is 0 Å². The Labute approximate surface area is 140 Å². The maximum absolute atomic E-state index is 10.1. The van der Waals surface area contributed by atoms with Crippen LogP contribution in [0.5, 0.6) is 0 Å². The minimum atomic E-state index is -0.134. The van der Waals surface area contributed by atoms with Crippen molar-refractivity contribution in [1.82, 2.24) is 0 Å². The molecule has 23 heavy (non-hydrogen) atoms. The summed E-state index contributed by atoms with van der Waals surface area (Å²) >= 11 is 0. The van der Waals surface area contributed by atoms with Gasteiger partial charge in [0.25, 0.3) is 0 Å². The normalized spacial score (nSPS) is 51.0. The summed E-state index contributed by atoms with van der Waals surface area (Å²) < 4.78 is 0. The van der Waals surface area contributed by atoms with E-state index >= 15 is 0 Å². The van der Waals surface area contributed by atoms with Crippen LogP contribution in [0, 0.1) is 40.4 Å². The molecule has 2 fully saturated rings. The third-order valence-corrected chi connectivity index (χ3v) is 7.98. The summed E-state index contributed by atoms with van der Waals surface area (Å²) in [6, 6.07) is 0. The van der Waals surface area contributed by atoms with Crippen molar-refractivity contribution in [3.05, 3.63) is 35.5 Å². The lowest BCUT2D eigenvalue weighted by Gasteiger charge is -2.53. The number of allylic oxidation sites excluding steroid dienone is 6. The third kappa shape index (κ3) is 1.74. The molecule has 0 aromatic carbocycles. The molecule has 1 N–H and O–H groups in total. The molecule has 0 aliphatic heterocycles. The lowest BCUT2D eigenvalue weighted by molar-refractivity contribution is 0.0533. The van der Waals surface area contributed by atoms with Crippen LogP contribution in [0.25, 0.3) is 0 Å². The first-order valence-corrected chi connectivity index (χ1v) is 9.12. The zero-order valence-electron chi connectivity index (χ0n) is 14.6. The molecule has 122 valence electrons. The number of rotatable bonds is 0. The summed E-state index contributed by atoms with van der Waals surface area (Å²) in [5, 5.41) is 10.1. The third-order valence-electron chi connectivity index (χ3n) is 7.98. The van der Waals surface area contributed by atoms with Gasteiger partial charge in [0.05, 0.1) is 6.10 Å². The molecule has 2 unspecified atom stereocenters. The van der Waals surface area contributed by atoms with E-state index < -0.39 is 0 Å². The van der Waals surface area contributed by atoms with E-state index in [-0.39, 0.29) is 22.3 Å². The van der Waals surface area contributed by atoms with Gasteiger partial charge in [0.2, 0.25) is 0 Å². The fraction of sp³-hybridized carbons (Fsp3) is 0.636. The number of terminal acetylenes is 1. The van der Waals surface area contributed by atoms with Gasteiger partial charge in [-0.15, -0.1) is 12.3 Å². The van der Waals surface area contributed by atoms with Crippen molar-refractivity contribution in [2.45, 2.75) is 59.0 Å². The van der Waals surface area contributed by atoms with Crippen LogP contribution in [-0.2, 0) is 0 Å². The quantitative estimate of drug-likeness (QED) is 0.646. The van der Waals surface area contributed by atoms with Gasteiger partial charge < -0.3 is 5.11 Å². The smallest absolute Gasteiger partial charge is 0.0546 e. The molecular weight excluding hydrogens is 280 g/mol. The Bertz CT molecular complexity index is 675. The SMILES string of the molecule is C#C[C@H]1CCC2(C)C3=C(C=CC12C)[C@@]1(C)CC[C@@H](O)C[C@H]1C=C3. The molecule has 2 saturated carbocycles. The molecule has 4 aliphatic rings. The predicted molar refractivity (Wildman–Crippen MR) is 94.5 cm³/mol. The molecule has 0 bridgehead atoms. The zero-order chi connectivity index (χ0) is 16.5. The number of aliphatic hydroxyl groups excluding tert-OH is 1. The van der Waals surface area contributed by atoms with E-state index in [1.165, 1.54) is 17.6 Å². The topological polar surface area (TPSA) is 20.2 Å². The van der Waals surface area contributed by atoms with E-state index in [0.29, 0.717) is 11.8 Å². The average molecular weight is 308 g/mol. The molecular formula is C22H28O. The van der Waals surface area contributed by atoms with E-state index in [2.05, 4.69) is 51.0 Å². The Kier molecular flexibility index (Phi) is 3.08. The van der Waals surface area contributed by atoms with Crippen molar-refractivity contribution in [3.8, 4) is 12.3 Å². The van der Waals surface area contributed by atoms with Gasteiger partial charge in [-0.1, -0.05) is 45.1 Å². The first kappa shape index (κ1) is 15.3. The Morgan fingerprint density at radius 2 is 1.91 bits per heavy atom. The Morgan fingerprint density at radius 1 is 1.13 bits per heavy atom. The van der Waals surface area contributed by atoms with Crippen LogP contribution in [0.2, 0.25) is 0 Å². The number of fused-ring (bicyclic) bond motifs is 4. The summed E-state index contributed by atoms with van der Waals surface area (Å²) in [5.74, 6) is 3.87. The highest BCUT2D eigenvalue weighted by molar-refractivity contribution is 5.52. The molecule has 1 nitrogen and oxygen atoms in total. The lowest BCUT2D eigenvalue weighted by atomic mass is 9.51. The molecule has 0 spiro atoms. The summed E-state index contributed by atoms with van der Waals surface area (Å²) in [6.45, 7) is 7.19. The van der Waals surface area contributed by atoms with Crippen molar-refractivity contribution in [2.24, 2.45) is 28.1 Å². The number of hydrogen-bond donors (Lipinski definition) is 1. The first-order chi connectivity index (χ1) is 10.8. The summed E-state index contributed by atoms with van der Waals surface area (Å²) in [6.07, 6.45) is 20.5. The van der Waals surface area contributed by atoms with E-state index in [4.69, 9.17) is 6.42 Å². The van der Waals surface area contributed by atoms with Crippen LogP contribution in [0.1, 0.15) is 52.9 Å². The lowest BCUT2D eigenvalue weighted by Crippen LogP contribution is -2.45. The average Bonchev–Trinajstić information content (AvgIpc) is 2.79. The summed E-state index contributed by atoms with van der Waals surface area (Å²) in [7, 11) is 0. The number of hydrogen-bond acceptors (Lipinski definition) is 1. The Hall–Kier alpha value is -1.26. The summed E-state index contributed by atoms with van der Waals surface area (Å²) in [5.41, 5.74) is 3.44. The van der Waals surface area contributed by atoms with Gasteiger partial charge in [0.1, 0.15) is 0 Å². The maximum Gasteiger partial charge on any atom is 0.0546 e. The largest absolute Gasteiger partial charge is 0.393 e. The van der Waals surface area contributed by atoms with Gasteiger partial charge in [-0.2, -0.15) is 0 Å². The van der Waals surface area contributed by atoms with Crippen LogP contribution < -0.4 is 0 Å². The van der Waals surface area contributed by atoms with Crippen LogP contribution in [0.3, 0.4) is 0 Å². The van der Waals surface area contributed by atoms with Gasteiger partial charge in [-0.05, 0) is 54.6 Å². The van der Waals surface area contributed by atoms with Gasteiger partial charge >= 0.3 is 0 Å². The molecule has 6 atom stereocenters. The highest BCUT2D eigenvalue weighted by Gasteiger charge is 2.58. The van der Waals surface area contributed by atoms with Crippen molar-refractivity contribution in [3.63, 3.8) is 0 Å². The van der Waals surface area contributed by atoms with E-state index in [9.17, 15) is 5.11 Å². The second kappa shape index (κ2) is 4.64. The van der Waals surface area contributed by atoms with Crippen molar-refractivity contribution < 1.29 is 5.11 Å². The second-order valence-electron chi connectivity index (χ2n) is 8.84. The molecule has 0 radical (unpaired) electrons. The predicted octanol–water partition coefficient (Wildman–Crippen LogP) is 4.65. The standard InChI is InChI=1S/C22H28O/c1-5-15-8-12-22(4)19-7-6-16-14-17(23)9-11-20(16,2)18(19)10-13-21(15,22)3/h1,6-7,10,13,15-17,23H,8-9,11-12,14H2,2-4H3/t15-,16+,17+,20-,21?,22?/m0/s1. The second-order valence-corrected chi connectivity index (χ2v) is 8.84. The molecule has 4 aliphatic carbocycles. The molecule has 4 rings (SSSR count). The van der Waals surface area contributed by atoms with Crippen molar-refractivity contribution in [1.29, 1.82) is 0 Å². The van der Waals surface area contributed by atoms with Crippen LogP contribution in [-0.4, -0.2) is 11.2 Å². The minimum Gasteiger partial charge on any atom is -0.393 e. The first-order valence-electron chi connectivity index (χ1n) is 9.12. The number of aliphatic hydroxyl groups is 1. The Morgan fingerprint density at radius 3 is 2.65 bits per heavy atom. The fourth-order valence-electron chi connectivity index (χ4n) is 5.94. The van der Waals surface area contributed by atoms with Gasteiger partial charge in [0, 0.05) is 16.7 Å². The zero-order valence-corrected chi connectivity index (χ0v) is 14.6.